The standard InChI is InChI=1S/C7H10FN3S/c8-7(2-1-3-7)4-9-6-10-5-11-12-6/h5H,1-4H2,(H,9,10,11). The quantitative estimate of drug-likeness (QED) is 0.784. The van der Waals surface area contributed by atoms with Crippen LogP contribution >= 0.6 is 11.5 Å². The Labute approximate surface area is 74.2 Å². The average molecular weight is 187 g/mol. The molecule has 12 heavy (non-hydrogen) atoms. The Morgan fingerprint density at radius 2 is 2.50 bits per heavy atom. The maximum atomic E-state index is 13.4. The average Bonchev–Trinajstić information content (AvgIpc) is 2.49. The lowest BCUT2D eigenvalue weighted by atomic mass is 9.82. The zero-order valence-corrected chi connectivity index (χ0v) is 7.40. The highest BCUT2D eigenvalue weighted by Gasteiger charge is 2.36. The van der Waals surface area contributed by atoms with Crippen LogP contribution in [-0.2, 0) is 0 Å². The molecule has 1 heterocycles. The van der Waals surface area contributed by atoms with E-state index in [0.29, 0.717) is 24.5 Å². The third-order valence-electron chi connectivity index (χ3n) is 2.17. The van der Waals surface area contributed by atoms with E-state index in [-0.39, 0.29) is 0 Å². The largest absolute Gasteiger partial charge is 0.357 e. The molecule has 2 rings (SSSR count). The Morgan fingerprint density at radius 3 is 3.00 bits per heavy atom. The molecule has 1 aromatic heterocycles. The zero-order chi connectivity index (χ0) is 8.44. The van der Waals surface area contributed by atoms with Crippen LogP contribution in [0.4, 0.5) is 9.52 Å². The zero-order valence-electron chi connectivity index (χ0n) is 6.59. The lowest BCUT2D eigenvalue weighted by molar-refractivity contribution is 0.0784. The molecule has 0 amide bonds. The van der Waals surface area contributed by atoms with Crippen molar-refractivity contribution in [3.8, 4) is 0 Å². The molecule has 66 valence electrons. The van der Waals surface area contributed by atoms with Gasteiger partial charge in [0.15, 0.2) is 0 Å². The van der Waals surface area contributed by atoms with Gasteiger partial charge in [0.2, 0.25) is 5.13 Å². The summed E-state index contributed by atoms with van der Waals surface area (Å²) < 4.78 is 17.2. The first kappa shape index (κ1) is 7.91. The van der Waals surface area contributed by atoms with Gasteiger partial charge < -0.3 is 5.32 Å². The van der Waals surface area contributed by atoms with Gasteiger partial charge in [-0.3, -0.25) is 0 Å². The monoisotopic (exact) mass is 187 g/mol. The molecule has 0 spiro atoms. The highest BCUT2D eigenvalue weighted by Crippen LogP contribution is 2.35. The summed E-state index contributed by atoms with van der Waals surface area (Å²) in [6.45, 7) is 0.377. The fourth-order valence-electron chi connectivity index (χ4n) is 1.22. The number of rotatable bonds is 3. The van der Waals surface area contributed by atoms with Gasteiger partial charge in [-0.25, -0.2) is 9.37 Å². The molecule has 5 heteroatoms. The summed E-state index contributed by atoms with van der Waals surface area (Å²) in [5.74, 6) is 0. The van der Waals surface area contributed by atoms with E-state index in [1.165, 1.54) is 17.9 Å². The Kier molecular flexibility index (Phi) is 1.96. The fraction of sp³-hybridized carbons (Fsp3) is 0.714. The third-order valence-corrected chi connectivity index (χ3v) is 2.79. The van der Waals surface area contributed by atoms with Crippen LogP contribution in [0.3, 0.4) is 0 Å². The van der Waals surface area contributed by atoms with Gasteiger partial charge in [0.25, 0.3) is 0 Å². The Morgan fingerprint density at radius 1 is 1.67 bits per heavy atom. The van der Waals surface area contributed by atoms with Crippen molar-refractivity contribution in [1.29, 1.82) is 0 Å². The van der Waals surface area contributed by atoms with Gasteiger partial charge in [0.1, 0.15) is 12.0 Å². The van der Waals surface area contributed by atoms with Gasteiger partial charge in [-0.2, -0.15) is 4.37 Å². The Bertz CT molecular complexity index is 245. The van der Waals surface area contributed by atoms with Gasteiger partial charge in [0.05, 0.1) is 6.54 Å². The van der Waals surface area contributed by atoms with Crippen LogP contribution in [0.1, 0.15) is 19.3 Å². The summed E-state index contributed by atoms with van der Waals surface area (Å²) in [6, 6.07) is 0. The molecule has 1 N–H and O–H groups in total. The first-order chi connectivity index (χ1) is 5.79. The summed E-state index contributed by atoms with van der Waals surface area (Å²) in [7, 11) is 0. The SMILES string of the molecule is FC1(CNc2ncns2)CCC1. The molecule has 1 saturated carbocycles. The number of halogens is 1. The molecule has 0 aromatic carbocycles. The van der Waals surface area contributed by atoms with Crippen molar-refractivity contribution in [2.45, 2.75) is 24.9 Å². The summed E-state index contributed by atoms with van der Waals surface area (Å²) in [5.41, 5.74) is -0.980. The van der Waals surface area contributed by atoms with Crippen molar-refractivity contribution < 1.29 is 4.39 Å². The van der Waals surface area contributed by atoms with E-state index in [0.717, 1.165) is 6.42 Å². The number of nitrogens with one attached hydrogen (secondary N) is 1. The van der Waals surface area contributed by atoms with Gasteiger partial charge in [-0.15, -0.1) is 0 Å². The maximum absolute atomic E-state index is 13.4. The number of aromatic nitrogens is 2. The topological polar surface area (TPSA) is 37.8 Å². The molecule has 0 saturated heterocycles. The number of hydrogen-bond donors (Lipinski definition) is 1. The van der Waals surface area contributed by atoms with Crippen molar-refractivity contribution >= 4 is 16.7 Å². The van der Waals surface area contributed by atoms with Crippen LogP contribution in [0.5, 0.6) is 0 Å². The molecule has 1 aromatic rings. The van der Waals surface area contributed by atoms with Crippen LogP contribution in [0.15, 0.2) is 6.33 Å². The minimum Gasteiger partial charge on any atom is -0.357 e. The molecular formula is C7H10FN3S. The first-order valence-electron chi connectivity index (χ1n) is 3.98. The summed E-state index contributed by atoms with van der Waals surface area (Å²) in [5, 5.41) is 3.64. The molecule has 1 aliphatic rings. The Hall–Kier alpha value is -0.710. The summed E-state index contributed by atoms with van der Waals surface area (Å²) >= 11 is 1.26. The van der Waals surface area contributed by atoms with Crippen LogP contribution in [0, 0.1) is 0 Å². The number of nitrogens with zero attached hydrogens (tertiary/aromatic N) is 2. The molecular weight excluding hydrogens is 177 g/mol. The van der Waals surface area contributed by atoms with Gasteiger partial charge in [0, 0.05) is 11.5 Å². The van der Waals surface area contributed by atoms with Crippen molar-refractivity contribution in [2.75, 3.05) is 11.9 Å². The minimum atomic E-state index is -0.980. The van der Waals surface area contributed by atoms with Crippen molar-refractivity contribution in [1.82, 2.24) is 9.36 Å². The van der Waals surface area contributed by atoms with E-state index in [2.05, 4.69) is 14.7 Å². The molecule has 3 nitrogen and oxygen atoms in total. The number of anilines is 1. The first-order valence-corrected chi connectivity index (χ1v) is 4.75. The number of alkyl halides is 1. The molecule has 0 atom stereocenters. The second-order valence-corrected chi connectivity index (χ2v) is 3.88. The van der Waals surface area contributed by atoms with E-state index in [4.69, 9.17) is 0 Å². The molecule has 0 aliphatic heterocycles. The van der Waals surface area contributed by atoms with Gasteiger partial charge in [-0.05, 0) is 19.3 Å². The predicted octanol–water partition coefficient (Wildman–Crippen LogP) is 1.84. The van der Waals surface area contributed by atoms with Gasteiger partial charge >= 0.3 is 0 Å². The van der Waals surface area contributed by atoms with E-state index in [1.54, 1.807) is 0 Å². The molecule has 0 radical (unpaired) electrons. The predicted molar refractivity (Wildman–Crippen MR) is 46.1 cm³/mol. The minimum absolute atomic E-state index is 0.377. The van der Waals surface area contributed by atoms with Crippen LogP contribution in [-0.4, -0.2) is 21.6 Å². The second-order valence-electron chi connectivity index (χ2n) is 3.10. The lowest BCUT2D eigenvalue weighted by Crippen LogP contribution is -2.39. The van der Waals surface area contributed by atoms with Crippen LogP contribution in [0.2, 0.25) is 0 Å². The second kappa shape index (κ2) is 2.97. The molecule has 1 aliphatic carbocycles. The smallest absolute Gasteiger partial charge is 0.202 e. The highest BCUT2D eigenvalue weighted by atomic mass is 32.1. The normalized spacial score (nSPS) is 20.1. The molecule has 1 fully saturated rings. The van der Waals surface area contributed by atoms with Crippen molar-refractivity contribution in [3.05, 3.63) is 6.33 Å². The van der Waals surface area contributed by atoms with Crippen LogP contribution < -0.4 is 5.32 Å². The van der Waals surface area contributed by atoms with E-state index < -0.39 is 5.67 Å². The van der Waals surface area contributed by atoms with Crippen molar-refractivity contribution in [3.63, 3.8) is 0 Å². The fourth-order valence-corrected chi connectivity index (χ4v) is 1.65. The Balaban J connectivity index is 1.82. The highest BCUT2D eigenvalue weighted by molar-refractivity contribution is 7.09. The summed E-state index contributed by atoms with van der Waals surface area (Å²) in [4.78, 5) is 3.91. The van der Waals surface area contributed by atoms with Crippen LogP contribution in [0.25, 0.3) is 0 Å². The van der Waals surface area contributed by atoms with Crippen molar-refractivity contribution in [2.24, 2.45) is 0 Å². The third kappa shape index (κ3) is 1.55. The molecule has 0 unspecified atom stereocenters. The lowest BCUT2D eigenvalue weighted by Gasteiger charge is -2.33. The van der Waals surface area contributed by atoms with E-state index in [9.17, 15) is 4.39 Å². The van der Waals surface area contributed by atoms with Gasteiger partial charge in [-0.1, -0.05) is 0 Å². The number of hydrogen-bond acceptors (Lipinski definition) is 4. The van der Waals surface area contributed by atoms with E-state index >= 15 is 0 Å². The summed E-state index contributed by atoms with van der Waals surface area (Å²) in [6.07, 6.45) is 3.84. The maximum Gasteiger partial charge on any atom is 0.202 e. The van der Waals surface area contributed by atoms with E-state index in [1.807, 2.05) is 0 Å². The molecule has 0 bridgehead atoms.